The molecule has 30 heavy (non-hydrogen) atoms. The van der Waals surface area contributed by atoms with Crippen LogP contribution in [0.1, 0.15) is 27.0 Å². The Labute approximate surface area is 177 Å². The molecule has 5 rings (SSSR count). The summed E-state index contributed by atoms with van der Waals surface area (Å²) < 4.78 is 5.49. The van der Waals surface area contributed by atoms with E-state index in [1.807, 2.05) is 35.2 Å². The number of ether oxygens (including phenoxy) is 1. The molecule has 0 atom stereocenters. The van der Waals surface area contributed by atoms with Crippen molar-refractivity contribution in [3.8, 4) is 0 Å². The predicted octanol–water partition coefficient (Wildman–Crippen LogP) is 4.60. The van der Waals surface area contributed by atoms with Gasteiger partial charge in [0.05, 0.1) is 24.6 Å². The van der Waals surface area contributed by atoms with Crippen molar-refractivity contribution in [3.63, 3.8) is 0 Å². The minimum Gasteiger partial charge on any atom is -0.379 e. The van der Waals surface area contributed by atoms with Gasteiger partial charge in [0, 0.05) is 25.2 Å². The van der Waals surface area contributed by atoms with Crippen LogP contribution in [0.2, 0.25) is 0 Å². The third-order valence-corrected chi connectivity index (χ3v) is 6.08. The third kappa shape index (κ3) is 3.64. The molecule has 0 unspecified atom stereocenters. The highest BCUT2D eigenvalue weighted by atomic mass is 16.5. The van der Waals surface area contributed by atoms with Gasteiger partial charge >= 0.3 is 0 Å². The summed E-state index contributed by atoms with van der Waals surface area (Å²) in [6.07, 6.45) is 1.87. The lowest BCUT2D eigenvalue weighted by Crippen LogP contribution is -2.36. The molecule has 2 aliphatic rings. The lowest BCUT2D eigenvalue weighted by atomic mass is 10.0. The zero-order chi connectivity index (χ0) is 20.3. The Hall–Kier alpha value is -2.95. The van der Waals surface area contributed by atoms with E-state index in [0.29, 0.717) is 0 Å². The molecule has 2 heterocycles. The van der Waals surface area contributed by atoms with E-state index in [2.05, 4.69) is 47.4 Å². The first-order valence-corrected chi connectivity index (χ1v) is 10.7. The van der Waals surface area contributed by atoms with Crippen LogP contribution in [-0.2, 0) is 24.1 Å². The molecule has 0 spiro atoms. The van der Waals surface area contributed by atoms with Crippen LogP contribution in [0.15, 0.2) is 72.8 Å². The highest BCUT2D eigenvalue weighted by molar-refractivity contribution is 6.12. The monoisotopic (exact) mass is 398 g/mol. The van der Waals surface area contributed by atoms with Gasteiger partial charge in [0.1, 0.15) is 0 Å². The number of carbonyl (C=O) groups is 1. The largest absolute Gasteiger partial charge is 0.379 e. The van der Waals surface area contributed by atoms with Gasteiger partial charge in [-0.1, -0.05) is 54.6 Å². The number of fused-ring (bicyclic) bond motifs is 2. The number of amides is 1. The minimum atomic E-state index is 0.0423. The highest BCUT2D eigenvalue weighted by Crippen LogP contribution is 2.37. The standard InChI is InChI=1S/C26H26N2O2/c29-26(23-10-4-1-9-22(23)19-27-15-17-30-18-16-27)28-24-11-5-2-7-20(24)13-14-21-8-3-6-12-25(21)28/h1-12H,13-19H2. The van der Waals surface area contributed by atoms with Crippen LogP contribution >= 0.6 is 0 Å². The highest BCUT2D eigenvalue weighted by Gasteiger charge is 2.28. The molecular weight excluding hydrogens is 372 g/mol. The molecule has 0 aliphatic carbocycles. The van der Waals surface area contributed by atoms with E-state index in [0.717, 1.165) is 68.2 Å². The van der Waals surface area contributed by atoms with Crippen molar-refractivity contribution in [1.82, 2.24) is 4.90 Å². The number of rotatable bonds is 3. The van der Waals surface area contributed by atoms with Crippen molar-refractivity contribution in [2.75, 3.05) is 31.2 Å². The number of aryl methyl sites for hydroxylation is 2. The van der Waals surface area contributed by atoms with Crippen LogP contribution in [0.25, 0.3) is 0 Å². The first-order valence-electron chi connectivity index (χ1n) is 10.7. The second-order valence-corrected chi connectivity index (χ2v) is 7.94. The van der Waals surface area contributed by atoms with Crippen molar-refractivity contribution in [3.05, 3.63) is 95.1 Å². The molecule has 0 radical (unpaired) electrons. The predicted molar refractivity (Wildman–Crippen MR) is 119 cm³/mol. The summed E-state index contributed by atoms with van der Waals surface area (Å²) in [4.78, 5) is 18.3. The first kappa shape index (κ1) is 19.0. The zero-order valence-corrected chi connectivity index (χ0v) is 17.1. The summed E-state index contributed by atoms with van der Waals surface area (Å²) in [5.74, 6) is 0.0423. The fourth-order valence-corrected chi connectivity index (χ4v) is 4.49. The molecule has 1 saturated heterocycles. The molecule has 1 amide bonds. The summed E-state index contributed by atoms with van der Waals surface area (Å²) >= 11 is 0. The Morgan fingerprint density at radius 2 is 1.33 bits per heavy atom. The van der Waals surface area contributed by atoms with Gasteiger partial charge < -0.3 is 4.74 Å². The van der Waals surface area contributed by atoms with E-state index in [9.17, 15) is 4.79 Å². The molecule has 152 valence electrons. The Kier molecular flexibility index (Phi) is 5.35. The second kappa shape index (κ2) is 8.42. The summed E-state index contributed by atoms with van der Waals surface area (Å²) in [6.45, 7) is 4.07. The first-order chi connectivity index (χ1) is 14.8. The van der Waals surface area contributed by atoms with E-state index in [1.165, 1.54) is 11.1 Å². The average molecular weight is 399 g/mol. The average Bonchev–Trinajstić information content (AvgIpc) is 2.97. The van der Waals surface area contributed by atoms with Gasteiger partial charge in [-0.25, -0.2) is 0 Å². The zero-order valence-electron chi connectivity index (χ0n) is 17.1. The Balaban J connectivity index is 1.57. The molecule has 2 aliphatic heterocycles. The summed E-state index contributed by atoms with van der Waals surface area (Å²) in [5.41, 5.74) is 6.27. The summed E-state index contributed by atoms with van der Waals surface area (Å²) in [7, 11) is 0. The summed E-state index contributed by atoms with van der Waals surface area (Å²) in [6, 6.07) is 24.6. The maximum atomic E-state index is 14.0. The molecule has 0 saturated carbocycles. The molecule has 0 bridgehead atoms. The van der Waals surface area contributed by atoms with Gasteiger partial charge in [0.2, 0.25) is 0 Å². The van der Waals surface area contributed by atoms with Gasteiger partial charge in [-0.3, -0.25) is 14.6 Å². The van der Waals surface area contributed by atoms with Crippen LogP contribution < -0.4 is 4.90 Å². The molecule has 4 nitrogen and oxygen atoms in total. The smallest absolute Gasteiger partial charge is 0.263 e. The van der Waals surface area contributed by atoms with Crippen molar-refractivity contribution >= 4 is 17.3 Å². The van der Waals surface area contributed by atoms with Crippen LogP contribution in [0.3, 0.4) is 0 Å². The van der Waals surface area contributed by atoms with E-state index in [1.54, 1.807) is 0 Å². The molecule has 3 aromatic carbocycles. The number of para-hydroxylation sites is 2. The number of morpholine rings is 1. The van der Waals surface area contributed by atoms with Crippen molar-refractivity contribution in [2.24, 2.45) is 0 Å². The van der Waals surface area contributed by atoms with Crippen LogP contribution in [-0.4, -0.2) is 37.1 Å². The van der Waals surface area contributed by atoms with Gasteiger partial charge in [-0.05, 0) is 47.7 Å². The topological polar surface area (TPSA) is 32.8 Å². The number of nitrogens with zero attached hydrogens (tertiary/aromatic N) is 2. The van der Waals surface area contributed by atoms with Crippen LogP contribution in [0.4, 0.5) is 11.4 Å². The molecule has 1 fully saturated rings. The van der Waals surface area contributed by atoms with Crippen molar-refractivity contribution < 1.29 is 9.53 Å². The van der Waals surface area contributed by atoms with Gasteiger partial charge in [0.15, 0.2) is 0 Å². The fourth-order valence-electron chi connectivity index (χ4n) is 4.49. The third-order valence-electron chi connectivity index (χ3n) is 6.08. The van der Waals surface area contributed by atoms with Gasteiger partial charge in [-0.2, -0.15) is 0 Å². The number of carbonyl (C=O) groups excluding carboxylic acids is 1. The number of hydrogen-bond acceptors (Lipinski definition) is 3. The minimum absolute atomic E-state index is 0.0423. The molecule has 3 aromatic rings. The van der Waals surface area contributed by atoms with Crippen LogP contribution in [0, 0.1) is 0 Å². The lowest BCUT2D eigenvalue weighted by molar-refractivity contribution is 0.0341. The maximum absolute atomic E-state index is 14.0. The lowest BCUT2D eigenvalue weighted by Gasteiger charge is -2.29. The molecular formula is C26H26N2O2. The Morgan fingerprint density at radius 1 is 0.767 bits per heavy atom. The van der Waals surface area contributed by atoms with E-state index in [-0.39, 0.29) is 5.91 Å². The van der Waals surface area contributed by atoms with Crippen molar-refractivity contribution in [2.45, 2.75) is 19.4 Å². The van der Waals surface area contributed by atoms with Gasteiger partial charge in [-0.15, -0.1) is 0 Å². The van der Waals surface area contributed by atoms with Gasteiger partial charge in [0.25, 0.3) is 5.91 Å². The second-order valence-electron chi connectivity index (χ2n) is 7.94. The van der Waals surface area contributed by atoms with E-state index >= 15 is 0 Å². The number of hydrogen-bond donors (Lipinski definition) is 0. The van der Waals surface area contributed by atoms with E-state index < -0.39 is 0 Å². The van der Waals surface area contributed by atoms with E-state index in [4.69, 9.17) is 4.74 Å². The number of anilines is 2. The quantitative estimate of drug-likeness (QED) is 0.647. The molecule has 0 N–H and O–H groups in total. The normalized spacial score (nSPS) is 16.5. The Morgan fingerprint density at radius 3 is 2.00 bits per heavy atom. The molecule has 0 aromatic heterocycles. The fraction of sp³-hybridized carbons (Fsp3) is 0.269. The molecule has 4 heteroatoms. The SMILES string of the molecule is O=C(c1ccccc1CN1CCOCC1)N1c2ccccc2CCc2ccccc21. The maximum Gasteiger partial charge on any atom is 0.263 e. The summed E-state index contributed by atoms with van der Waals surface area (Å²) in [5, 5.41) is 0. The Bertz CT molecular complexity index is 1010. The number of benzene rings is 3. The van der Waals surface area contributed by atoms with Crippen LogP contribution in [0.5, 0.6) is 0 Å². The van der Waals surface area contributed by atoms with Crippen molar-refractivity contribution in [1.29, 1.82) is 0 Å².